The van der Waals surface area contributed by atoms with Crippen LogP contribution in [0.3, 0.4) is 0 Å². The number of ether oxygens (including phenoxy) is 2. The Morgan fingerprint density at radius 2 is 1.80 bits per heavy atom. The van der Waals surface area contributed by atoms with Crippen LogP contribution in [0.15, 0.2) is 76.6 Å². The first kappa shape index (κ1) is 29.0. The van der Waals surface area contributed by atoms with Crippen molar-refractivity contribution in [3.05, 3.63) is 72.3 Å². The first-order chi connectivity index (χ1) is 19.8. The summed E-state index contributed by atoms with van der Waals surface area (Å²) in [6, 6.07) is 20.4. The quantitative estimate of drug-likeness (QED) is 0.313. The number of sulfone groups is 1. The molecule has 41 heavy (non-hydrogen) atoms. The van der Waals surface area contributed by atoms with Gasteiger partial charge < -0.3 is 20.1 Å². The maximum absolute atomic E-state index is 13.6. The summed E-state index contributed by atoms with van der Waals surface area (Å²) in [5.41, 5.74) is 9.64. The van der Waals surface area contributed by atoms with Gasteiger partial charge in [0.25, 0.3) is 0 Å². The molecule has 0 saturated carbocycles. The van der Waals surface area contributed by atoms with Crippen LogP contribution in [0, 0.1) is 0 Å². The number of hydroxylamine groups is 1. The van der Waals surface area contributed by atoms with E-state index in [2.05, 4.69) is 28.6 Å². The molecule has 1 amide bonds. The highest BCUT2D eigenvalue weighted by Gasteiger charge is 2.51. The number of hydrogen-bond acceptors (Lipinski definition) is 9. The molecule has 0 spiro atoms. The summed E-state index contributed by atoms with van der Waals surface area (Å²) in [5.74, 6) is 0.440. The molecule has 0 aliphatic carbocycles. The van der Waals surface area contributed by atoms with E-state index in [4.69, 9.17) is 25.0 Å². The van der Waals surface area contributed by atoms with Crippen molar-refractivity contribution >= 4 is 32.4 Å². The third kappa shape index (κ3) is 6.08. The smallest absolute Gasteiger partial charge is 0.239 e. The summed E-state index contributed by atoms with van der Waals surface area (Å²) in [5, 5.41) is 2.24. The van der Waals surface area contributed by atoms with E-state index in [0.717, 1.165) is 16.3 Å². The van der Waals surface area contributed by atoms with E-state index in [1.54, 1.807) is 19.2 Å². The van der Waals surface area contributed by atoms with Crippen molar-refractivity contribution in [1.29, 1.82) is 0 Å². The van der Waals surface area contributed by atoms with Gasteiger partial charge in [0, 0.05) is 32.3 Å². The lowest BCUT2D eigenvalue weighted by molar-refractivity contribution is -0.121. The van der Waals surface area contributed by atoms with Crippen LogP contribution < -0.4 is 16.0 Å². The van der Waals surface area contributed by atoms with Crippen molar-refractivity contribution in [3.63, 3.8) is 0 Å². The molecule has 2 heterocycles. The van der Waals surface area contributed by atoms with Gasteiger partial charge in [0.1, 0.15) is 5.75 Å². The first-order valence-corrected chi connectivity index (χ1v) is 15.3. The summed E-state index contributed by atoms with van der Waals surface area (Å²) in [6.07, 6.45) is 1.30. The highest BCUT2D eigenvalue weighted by atomic mass is 32.2. The van der Waals surface area contributed by atoms with Crippen LogP contribution in [0.4, 0.5) is 0 Å². The number of nitrogens with one attached hydrogen (secondary N) is 1. The number of primary amides is 1. The number of amidine groups is 1. The van der Waals surface area contributed by atoms with Crippen LogP contribution in [0.1, 0.15) is 31.2 Å². The SMILES string of the molecule is COCCN1CCC(C(N)=O)(S(=O)(=O)c2ccc(OCCCC3N=C(c4cccc5ccccc45)NO3)cc2)CC1. The zero-order valence-electron chi connectivity index (χ0n) is 23.1. The second-order valence-electron chi connectivity index (χ2n) is 10.3. The zero-order chi connectivity index (χ0) is 28.9. The molecule has 3 N–H and O–H groups in total. The van der Waals surface area contributed by atoms with Crippen molar-refractivity contribution in [2.45, 2.75) is 41.6 Å². The van der Waals surface area contributed by atoms with E-state index in [1.165, 1.54) is 12.1 Å². The van der Waals surface area contributed by atoms with Crippen LogP contribution >= 0.6 is 0 Å². The number of likely N-dealkylation sites (tertiary alicyclic amines) is 1. The van der Waals surface area contributed by atoms with Gasteiger partial charge in [-0.05, 0) is 60.7 Å². The van der Waals surface area contributed by atoms with Gasteiger partial charge in [-0.1, -0.05) is 42.5 Å². The Bertz CT molecular complexity index is 1500. The molecular weight excluding hydrogens is 544 g/mol. The number of nitrogens with zero attached hydrogens (tertiary/aromatic N) is 2. The molecule has 1 saturated heterocycles. The van der Waals surface area contributed by atoms with Crippen molar-refractivity contribution in [1.82, 2.24) is 10.4 Å². The molecule has 10 nitrogen and oxygen atoms in total. The lowest BCUT2D eigenvalue weighted by Crippen LogP contribution is -2.57. The minimum absolute atomic E-state index is 0.0646. The Labute approximate surface area is 240 Å². The maximum Gasteiger partial charge on any atom is 0.239 e. The van der Waals surface area contributed by atoms with Gasteiger partial charge in [-0.3, -0.25) is 4.79 Å². The fourth-order valence-corrected chi connectivity index (χ4v) is 7.33. The van der Waals surface area contributed by atoms with Crippen molar-refractivity contribution in [3.8, 4) is 5.75 Å². The minimum atomic E-state index is -3.99. The Balaban J connectivity index is 1.15. The van der Waals surface area contributed by atoms with Gasteiger partial charge in [-0.15, -0.1) is 0 Å². The molecule has 1 unspecified atom stereocenters. The zero-order valence-corrected chi connectivity index (χ0v) is 23.9. The molecule has 11 heteroatoms. The third-order valence-corrected chi connectivity index (χ3v) is 10.4. The Hall–Kier alpha value is -3.51. The number of benzene rings is 3. The predicted octanol–water partition coefficient (Wildman–Crippen LogP) is 3.05. The monoisotopic (exact) mass is 580 g/mol. The number of aliphatic imine (C=N–C) groups is 1. The lowest BCUT2D eigenvalue weighted by atomic mass is 9.95. The number of piperidine rings is 1. The highest BCUT2D eigenvalue weighted by molar-refractivity contribution is 7.93. The third-order valence-electron chi connectivity index (χ3n) is 7.85. The molecule has 0 radical (unpaired) electrons. The number of carbonyl (C=O) groups is 1. The van der Waals surface area contributed by atoms with Crippen molar-refractivity contribution < 1.29 is 27.5 Å². The van der Waals surface area contributed by atoms with Crippen LogP contribution in [0.25, 0.3) is 10.8 Å². The molecular formula is C30H36N4O6S. The molecule has 0 aromatic heterocycles. The van der Waals surface area contributed by atoms with Crippen LogP contribution in [0.5, 0.6) is 5.75 Å². The maximum atomic E-state index is 13.6. The largest absolute Gasteiger partial charge is 0.494 e. The number of carbonyl (C=O) groups excluding carboxylic acids is 1. The standard InChI is InChI=1S/C30H36N4O6S/c1-38-21-19-34-17-15-30(16-18-34,29(31)35)41(36,37)24-13-11-23(12-14-24)39-20-5-10-27-32-28(33-40-27)26-9-4-7-22-6-2-3-8-25(22)26/h2-4,6-9,11-14,27H,5,10,15-21H2,1H3,(H2,31,35)(H,32,33). The minimum Gasteiger partial charge on any atom is -0.494 e. The Morgan fingerprint density at radius 1 is 1.07 bits per heavy atom. The van der Waals surface area contributed by atoms with E-state index in [9.17, 15) is 13.2 Å². The Kier molecular flexibility index (Phi) is 8.88. The highest BCUT2D eigenvalue weighted by Crippen LogP contribution is 2.36. The van der Waals surface area contributed by atoms with E-state index < -0.39 is 20.5 Å². The van der Waals surface area contributed by atoms with Gasteiger partial charge in [-0.25, -0.2) is 23.7 Å². The van der Waals surface area contributed by atoms with Crippen LogP contribution in [-0.4, -0.2) is 76.0 Å². The van der Waals surface area contributed by atoms with Crippen molar-refractivity contribution in [2.75, 3.05) is 40.0 Å². The molecule has 1 fully saturated rings. The van der Waals surface area contributed by atoms with Gasteiger partial charge in [0.15, 0.2) is 26.6 Å². The van der Waals surface area contributed by atoms with Gasteiger partial charge >= 0.3 is 0 Å². The average molecular weight is 581 g/mol. The number of nitrogens with two attached hydrogens (primary N) is 1. The van der Waals surface area contributed by atoms with Gasteiger partial charge in [-0.2, -0.15) is 0 Å². The molecule has 3 aromatic carbocycles. The van der Waals surface area contributed by atoms with Gasteiger partial charge in [0.2, 0.25) is 5.91 Å². The summed E-state index contributed by atoms with van der Waals surface area (Å²) >= 11 is 0. The van der Waals surface area contributed by atoms with Crippen LogP contribution in [-0.2, 0) is 24.2 Å². The fraction of sp³-hybridized carbons (Fsp3) is 0.400. The molecule has 5 rings (SSSR count). The summed E-state index contributed by atoms with van der Waals surface area (Å²) in [6.45, 7) is 2.55. The first-order valence-electron chi connectivity index (χ1n) is 13.8. The topological polar surface area (TPSA) is 133 Å². The molecule has 0 bridgehead atoms. The number of amides is 1. The van der Waals surface area contributed by atoms with Crippen LogP contribution in [0.2, 0.25) is 0 Å². The second kappa shape index (κ2) is 12.6. The van der Waals surface area contributed by atoms with Gasteiger partial charge in [0.05, 0.1) is 18.1 Å². The predicted molar refractivity (Wildman–Crippen MR) is 156 cm³/mol. The molecule has 2 aliphatic rings. The van der Waals surface area contributed by atoms with E-state index in [0.29, 0.717) is 57.3 Å². The summed E-state index contributed by atoms with van der Waals surface area (Å²) in [4.78, 5) is 25.0. The number of fused-ring (bicyclic) bond motifs is 1. The fourth-order valence-electron chi connectivity index (χ4n) is 5.39. The second-order valence-corrected chi connectivity index (χ2v) is 12.6. The number of hydrogen-bond donors (Lipinski definition) is 2. The van der Waals surface area contributed by atoms with E-state index in [-0.39, 0.29) is 24.0 Å². The van der Waals surface area contributed by atoms with E-state index in [1.807, 2.05) is 24.3 Å². The number of methoxy groups -OCH3 is 1. The molecule has 1 atom stereocenters. The normalized spacial score (nSPS) is 19.0. The summed E-state index contributed by atoms with van der Waals surface area (Å²) in [7, 11) is -2.37. The molecule has 2 aliphatic heterocycles. The number of rotatable bonds is 12. The van der Waals surface area contributed by atoms with Crippen molar-refractivity contribution in [2.24, 2.45) is 10.7 Å². The lowest BCUT2D eigenvalue weighted by Gasteiger charge is -2.38. The Morgan fingerprint density at radius 3 is 2.54 bits per heavy atom. The molecule has 218 valence electrons. The molecule has 3 aromatic rings. The van der Waals surface area contributed by atoms with E-state index >= 15 is 0 Å². The summed E-state index contributed by atoms with van der Waals surface area (Å²) < 4.78 is 36.5. The average Bonchev–Trinajstić information content (AvgIpc) is 3.47.